The van der Waals surface area contributed by atoms with Crippen LogP contribution < -0.4 is 0 Å². The molecular weight excluding hydrogens is 281 g/mol. The van der Waals surface area contributed by atoms with Gasteiger partial charge in [-0.3, -0.25) is 0 Å². The van der Waals surface area contributed by atoms with Gasteiger partial charge in [0.05, 0.1) is 0 Å². The summed E-state index contributed by atoms with van der Waals surface area (Å²) in [4.78, 5) is 0. The van der Waals surface area contributed by atoms with Crippen molar-refractivity contribution < 1.29 is 35.8 Å². The van der Waals surface area contributed by atoms with Crippen molar-refractivity contribution in [3.8, 4) is 0 Å². The number of alkyl halides is 3. The maximum absolute atomic E-state index is 13.3. The SMILES string of the molecule is OCCCCc1c(F)c(F)c(C(F)(F)F)c(F)c1F. The summed E-state index contributed by atoms with van der Waals surface area (Å²) < 4.78 is 89.7. The highest BCUT2D eigenvalue weighted by Crippen LogP contribution is 2.37. The Balaban J connectivity index is 3.31. The van der Waals surface area contributed by atoms with Gasteiger partial charge in [-0.25, -0.2) is 17.6 Å². The molecule has 1 N–H and O–H groups in total. The van der Waals surface area contributed by atoms with E-state index in [0.717, 1.165) is 0 Å². The van der Waals surface area contributed by atoms with Gasteiger partial charge in [0.25, 0.3) is 0 Å². The van der Waals surface area contributed by atoms with Crippen LogP contribution in [0.4, 0.5) is 30.7 Å². The van der Waals surface area contributed by atoms with Gasteiger partial charge in [0.15, 0.2) is 23.3 Å². The Morgan fingerprint density at radius 1 is 0.789 bits per heavy atom. The monoisotopic (exact) mass is 290 g/mol. The molecule has 0 aliphatic heterocycles. The van der Waals surface area contributed by atoms with E-state index < -0.39 is 47.0 Å². The second-order valence-corrected chi connectivity index (χ2v) is 3.79. The van der Waals surface area contributed by atoms with Crippen molar-refractivity contribution in [1.82, 2.24) is 0 Å². The molecule has 0 radical (unpaired) electrons. The largest absolute Gasteiger partial charge is 0.422 e. The first-order valence-corrected chi connectivity index (χ1v) is 5.24. The maximum atomic E-state index is 13.3. The average Bonchev–Trinajstić information content (AvgIpc) is 2.29. The first-order chi connectivity index (χ1) is 8.71. The molecule has 0 aliphatic carbocycles. The fourth-order valence-electron chi connectivity index (χ4n) is 1.56. The molecule has 0 bridgehead atoms. The molecule has 0 unspecified atom stereocenters. The molecule has 0 aliphatic rings. The van der Waals surface area contributed by atoms with Crippen molar-refractivity contribution in [3.05, 3.63) is 34.4 Å². The third-order valence-corrected chi connectivity index (χ3v) is 2.47. The van der Waals surface area contributed by atoms with Crippen LogP contribution >= 0.6 is 0 Å². The first-order valence-electron chi connectivity index (χ1n) is 5.24. The average molecular weight is 290 g/mol. The van der Waals surface area contributed by atoms with Crippen LogP contribution in [-0.2, 0) is 12.6 Å². The lowest BCUT2D eigenvalue weighted by Crippen LogP contribution is -2.17. The van der Waals surface area contributed by atoms with Crippen molar-refractivity contribution in [3.63, 3.8) is 0 Å². The van der Waals surface area contributed by atoms with Crippen LogP contribution in [0.25, 0.3) is 0 Å². The van der Waals surface area contributed by atoms with Crippen LogP contribution in [0.2, 0.25) is 0 Å². The normalized spacial score (nSPS) is 12.0. The Labute approximate surface area is 103 Å². The third-order valence-electron chi connectivity index (χ3n) is 2.47. The summed E-state index contributed by atoms with van der Waals surface area (Å²) in [6, 6.07) is 0. The zero-order chi connectivity index (χ0) is 14.8. The van der Waals surface area contributed by atoms with Crippen LogP contribution in [0.1, 0.15) is 24.0 Å². The maximum Gasteiger partial charge on any atom is 0.422 e. The molecule has 0 heterocycles. The number of rotatable bonds is 4. The quantitative estimate of drug-likeness (QED) is 0.510. The van der Waals surface area contributed by atoms with E-state index in [-0.39, 0.29) is 19.4 Å². The minimum atomic E-state index is -5.53. The van der Waals surface area contributed by atoms with E-state index in [1.807, 2.05) is 0 Å². The number of aliphatic hydroxyl groups is 1. The number of hydrogen-bond acceptors (Lipinski definition) is 1. The van der Waals surface area contributed by atoms with Crippen LogP contribution in [0.3, 0.4) is 0 Å². The molecule has 1 nitrogen and oxygen atoms in total. The molecule has 8 heteroatoms. The summed E-state index contributed by atoms with van der Waals surface area (Å²) in [5, 5.41) is 8.46. The van der Waals surface area contributed by atoms with Crippen molar-refractivity contribution in [1.29, 1.82) is 0 Å². The van der Waals surface area contributed by atoms with Gasteiger partial charge in [0.2, 0.25) is 0 Å². The standard InChI is InChI=1S/C11H9F7O/c12-7-5(3-1-2-4-19)8(13)10(15)6(9(7)14)11(16,17)18/h19H,1-4H2. The molecule has 1 aromatic rings. The predicted octanol–water partition coefficient (Wildman–Crippen LogP) is 3.58. The minimum Gasteiger partial charge on any atom is -0.396 e. The molecular formula is C11H9F7O. The van der Waals surface area contributed by atoms with Crippen LogP contribution in [0.15, 0.2) is 0 Å². The molecule has 0 saturated carbocycles. The Morgan fingerprint density at radius 3 is 1.63 bits per heavy atom. The lowest BCUT2D eigenvalue weighted by molar-refractivity contribution is -0.143. The van der Waals surface area contributed by atoms with Crippen LogP contribution in [0, 0.1) is 23.3 Å². The second kappa shape index (κ2) is 5.77. The van der Waals surface area contributed by atoms with Crippen LogP contribution in [0.5, 0.6) is 0 Å². The van der Waals surface area contributed by atoms with E-state index in [4.69, 9.17) is 5.11 Å². The Bertz CT molecular complexity index is 438. The number of halogens is 7. The van der Waals surface area contributed by atoms with Gasteiger partial charge in [-0.15, -0.1) is 0 Å². The number of aliphatic hydroxyl groups excluding tert-OH is 1. The highest BCUT2D eigenvalue weighted by atomic mass is 19.4. The zero-order valence-corrected chi connectivity index (χ0v) is 9.42. The van der Waals surface area contributed by atoms with E-state index in [1.165, 1.54) is 0 Å². The van der Waals surface area contributed by atoms with Crippen LogP contribution in [-0.4, -0.2) is 11.7 Å². The molecule has 0 atom stereocenters. The highest BCUT2D eigenvalue weighted by Gasteiger charge is 2.42. The molecule has 19 heavy (non-hydrogen) atoms. The third kappa shape index (κ3) is 3.17. The number of unbranched alkanes of at least 4 members (excludes halogenated alkanes) is 1. The molecule has 0 aromatic heterocycles. The van der Waals surface area contributed by atoms with Gasteiger partial charge < -0.3 is 5.11 Å². The molecule has 0 spiro atoms. The van der Waals surface area contributed by atoms with E-state index in [0.29, 0.717) is 0 Å². The predicted molar refractivity (Wildman–Crippen MR) is 51.3 cm³/mol. The van der Waals surface area contributed by atoms with Gasteiger partial charge >= 0.3 is 6.18 Å². The minimum absolute atomic E-state index is 0.0193. The second-order valence-electron chi connectivity index (χ2n) is 3.79. The van der Waals surface area contributed by atoms with Crippen molar-refractivity contribution in [2.75, 3.05) is 6.61 Å². The first kappa shape index (κ1) is 15.7. The number of hydrogen-bond donors (Lipinski definition) is 1. The molecule has 1 rings (SSSR count). The lowest BCUT2D eigenvalue weighted by atomic mass is 10.0. The van der Waals surface area contributed by atoms with Gasteiger partial charge in [-0.2, -0.15) is 13.2 Å². The summed E-state index contributed by atoms with van der Waals surface area (Å²) in [5.41, 5.74) is -3.66. The molecule has 0 saturated heterocycles. The van der Waals surface area contributed by atoms with E-state index in [1.54, 1.807) is 0 Å². The van der Waals surface area contributed by atoms with Crippen molar-refractivity contribution in [2.24, 2.45) is 0 Å². The summed E-state index contributed by atoms with van der Waals surface area (Å²) in [6.07, 6.45) is -5.96. The van der Waals surface area contributed by atoms with E-state index in [9.17, 15) is 30.7 Å². The fraction of sp³-hybridized carbons (Fsp3) is 0.455. The Hall–Kier alpha value is -1.31. The molecule has 108 valence electrons. The zero-order valence-electron chi connectivity index (χ0n) is 9.42. The van der Waals surface area contributed by atoms with Gasteiger partial charge in [-0.1, -0.05) is 0 Å². The lowest BCUT2D eigenvalue weighted by Gasteiger charge is -2.13. The fourth-order valence-corrected chi connectivity index (χ4v) is 1.56. The Morgan fingerprint density at radius 2 is 1.26 bits per heavy atom. The molecule has 0 fully saturated rings. The van der Waals surface area contributed by atoms with Gasteiger partial charge in [0.1, 0.15) is 5.56 Å². The highest BCUT2D eigenvalue weighted by molar-refractivity contribution is 5.31. The van der Waals surface area contributed by atoms with Gasteiger partial charge in [-0.05, 0) is 19.3 Å². The molecule has 1 aromatic carbocycles. The summed E-state index contributed by atoms with van der Waals surface area (Å²) >= 11 is 0. The summed E-state index contributed by atoms with van der Waals surface area (Å²) in [6.45, 7) is -0.311. The number of benzene rings is 1. The summed E-state index contributed by atoms with van der Waals surface area (Å²) in [7, 11) is 0. The van der Waals surface area contributed by atoms with Gasteiger partial charge in [0, 0.05) is 12.2 Å². The van der Waals surface area contributed by atoms with E-state index >= 15 is 0 Å². The summed E-state index contributed by atoms with van der Waals surface area (Å²) in [5.74, 6) is -9.01. The molecule has 0 amide bonds. The van der Waals surface area contributed by atoms with E-state index in [2.05, 4.69) is 0 Å². The van der Waals surface area contributed by atoms with Crippen molar-refractivity contribution in [2.45, 2.75) is 25.4 Å². The van der Waals surface area contributed by atoms with Crippen molar-refractivity contribution >= 4 is 0 Å². The topological polar surface area (TPSA) is 20.2 Å². The Kier molecular flexibility index (Phi) is 4.78. The smallest absolute Gasteiger partial charge is 0.396 e.